The number of fused-ring (bicyclic) bond motifs is 1. The summed E-state index contributed by atoms with van der Waals surface area (Å²) in [6, 6.07) is 0. The van der Waals surface area contributed by atoms with Gasteiger partial charge in [-0.05, 0) is 12.8 Å². The first-order valence-corrected chi connectivity index (χ1v) is 10.1. The van der Waals surface area contributed by atoms with E-state index in [9.17, 15) is 4.79 Å². The van der Waals surface area contributed by atoms with Crippen LogP contribution < -0.4 is 10.6 Å². The Balaban J connectivity index is 2.18. The third-order valence-electron chi connectivity index (χ3n) is 3.42. The molecule has 2 aromatic rings. The van der Waals surface area contributed by atoms with E-state index in [2.05, 4.69) is 39.5 Å². The van der Waals surface area contributed by atoms with Crippen molar-refractivity contribution in [2.75, 3.05) is 30.0 Å². The van der Waals surface area contributed by atoms with Gasteiger partial charge in [0.15, 0.2) is 10.8 Å². The van der Waals surface area contributed by atoms with Crippen LogP contribution in [0.25, 0.3) is 11.0 Å². The van der Waals surface area contributed by atoms with Crippen molar-refractivity contribution in [1.82, 2.24) is 25.1 Å². The number of hydrogen-bond acceptors (Lipinski definition) is 6. The summed E-state index contributed by atoms with van der Waals surface area (Å²) in [6.07, 6.45) is 4.19. The topological polar surface area (TPSA) is 84.7 Å². The fourth-order valence-electron chi connectivity index (χ4n) is 2.21. The lowest BCUT2D eigenvalue weighted by molar-refractivity contribution is -0.120. The zero-order chi connectivity index (χ0) is 18.1. The molecule has 0 unspecified atom stereocenters. The van der Waals surface area contributed by atoms with Crippen molar-refractivity contribution < 1.29 is 4.79 Å². The monoisotopic (exact) mass is 384 g/mol. The standard InChI is InChI=1S/C16H25ClN6OS/c1-3-7-19-14-12-11-20-23(9-8-18-13(24)5-6-17)15(12)22-16(21-14)25-10-4-2/h11H,3-10H2,1-2H3,(H,18,24)(H,19,21,22). The maximum absolute atomic E-state index is 11.5. The van der Waals surface area contributed by atoms with Crippen molar-refractivity contribution in [3.8, 4) is 0 Å². The molecule has 2 aromatic heterocycles. The molecule has 2 heterocycles. The molecule has 1 amide bonds. The number of thioether (sulfide) groups is 1. The normalized spacial score (nSPS) is 11.0. The number of hydrogen-bond donors (Lipinski definition) is 2. The molecule has 25 heavy (non-hydrogen) atoms. The molecule has 9 heteroatoms. The lowest BCUT2D eigenvalue weighted by atomic mass is 10.3. The number of alkyl halides is 1. The van der Waals surface area contributed by atoms with Crippen molar-refractivity contribution in [2.45, 2.75) is 44.8 Å². The van der Waals surface area contributed by atoms with Crippen molar-refractivity contribution >= 4 is 46.1 Å². The number of nitrogens with one attached hydrogen (secondary N) is 2. The lowest BCUT2D eigenvalue weighted by Crippen LogP contribution is -2.27. The lowest BCUT2D eigenvalue weighted by Gasteiger charge is -2.09. The van der Waals surface area contributed by atoms with Crippen LogP contribution in [0.3, 0.4) is 0 Å². The van der Waals surface area contributed by atoms with E-state index in [0.717, 1.165) is 47.1 Å². The summed E-state index contributed by atoms with van der Waals surface area (Å²) in [5.41, 5.74) is 0.791. The molecule has 0 aromatic carbocycles. The number of anilines is 1. The van der Waals surface area contributed by atoms with Gasteiger partial charge in [-0.1, -0.05) is 25.6 Å². The van der Waals surface area contributed by atoms with Crippen molar-refractivity contribution in [3.63, 3.8) is 0 Å². The molecule has 0 fully saturated rings. The van der Waals surface area contributed by atoms with Gasteiger partial charge in [0.25, 0.3) is 0 Å². The van der Waals surface area contributed by atoms with Crippen molar-refractivity contribution in [3.05, 3.63) is 6.20 Å². The summed E-state index contributed by atoms with van der Waals surface area (Å²) < 4.78 is 1.81. The Labute approximate surface area is 157 Å². The number of amides is 1. The van der Waals surface area contributed by atoms with Gasteiger partial charge in [0.1, 0.15) is 5.82 Å². The second-order valence-corrected chi connectivity index (χ2v) is 6.96. The van der Waals surface area contributed by atoms with Crippen LogP contribution in [0.2, 0.25) is 0 Å². The van der Waals surface area contributed by atoms with Gasteiger partial charge in [-0.2, -0.15) is 5.10 Å². The summed E-state index contributed by atoms with van der Waals surface area (Å²) in [5.74, 6) is 2.07. The van der Waals surface area contributed by atoms with Gasteiger partial charge in [-0.3, -0.25) is 4.79 Å². The van der Waals surface area contributed by atoms with E-state index in [1.165, 1.54) is 0 Å². The minimum Gasteiger partial charge on any atom is -0.369 e. The number of rotatable bonds is 11. The average Bonchev–Trinajstić information content (AvgIpc) is 3.01. The largest absolute Gasteiger partial charge is 0.369 e. The quantitative estimate of drug-likeness (QED) is 0.352. The first-order chi connectivity index (χ1) is 12.2. The Kier molecular flexibility index (Phi) is 8.27. The van der Waals surface area contributed by atoms with Crippen LogP contribution in [0.4, 0.5) is 5.82 Å². The third kappa shape index (κ3) is 5.74. The molecular weight excluding hydrogens is 360 g/mol. The Bertz CT molecular complexity index is 693. The molecule has 138 valence electrons. The third-order valence-corrected chi connectivity index (χ3v) is 4.66. The van der Waals surface area contributed by atoms with Crippen LogP contribution in [-0.4, -0.2) is 50.4 Å². The highest BCUT2D eigenvalue weighted by Crippen LogP contribution is 2.24. The fraction of sp³-hybridized carbons (Fsp3) is 0.625. The predicted octanol–water partition coefficient (Wildman–Crippen LogP) is 2.90. The number of carbonyl (C=O) groups excluding carboxylic acids is 1. The number of aromatic nitrogens is 4. The highest BCUT2D eigenvalue weighted by Gasteiger charge is 2.13. The van der Waals surface area contributed by atoms with E-state index in [0.29, 0.717) is 25.4 Å². The van der Waals surface area contributed by atoms with E-state index >= 15 is 0 Å². The summed E-state index contributed by atoms with van der Waals surface area (Å²) in [6.45, 7) is 6.15. The van der Waals surface area contributed by atoms with Gasteiger partial charge >= 0.3 is 0 Å². The molecular formula is C16H25ClN6OS. The molecule has 0 spiro atoms. The van der Waals surface area contributed by atoms with Gasteiger partial charge in [-0.15, -0.1) is 11.6 Å². The van der Waals surface area contributed by atoms with E-state index in [4.69, 9.17) is 11.6 Å². The van der Waals surface area contributed by atoms with Gasteiger partial charge in [0.2, 0.25) is 5.91 Å². The van der Waals surface area contributed by atoms with Gasteiger partial charge in [-0.25, -0.2) is 14.6 Å². The molecule has 0 bridgehead atoms. The van der Waals surface area contributed by atoms with Crippen LogP contribution >= 0.6 is 23.4 Å². The zero-order valence-electron chi connectivity index (χ0n) is 14.7. The number of carbonyl (C=O) groups is 1. The highest BCUT2D eigenvalue weighted by molar-refractivity contribution is 7.99. The smallest absolute Gasteiger partial charge is 0.221 e. The molecule has 0 radical (unpaired) electrons. The Hall–Kier alpha value is -1.54. The maximum atomic E-state index is 11.5. The Morgan fingerprint density at radius 1 is 1.28 bits per heavy atom. The predicted molar refractivity (Wildman–Crippen MR) is 103 cm³/mol. The van der Waals surface area contributed by atoms with Crippen LogP contribution in [0.5, 0.6) is 0 Å². The fourth-order valence-corrected chi connectivity index (χ4v) is 3.08. The van der Waals surface area contributed by atoms with E-state index in [-0.39, 0.29) is 5.91 Å². The summed E-state index contributed by atoms with van der Waals surface area (Å²) in [4.78, 5) is 20.8. The van der Waals surface area contributed by atoms with E-state index in [1.54, 1.807) is 18.0 Å². The Morgan fingerprint density at radius 2 is 2.12 bits per heavy atom. The Morgan fingerprint density at radius 3 is 2.84 bits per heavy atom. The molecule has 0 saturated heterocycles. The van der Waals surface area contributed by atoms with Crippen LogP contribution in [0.15, 0.2) is 11.4 Å². The molecule has 2 N–H and O–H groups in total. The molecule has 0 saturated carbocycles. The van der Waals surface area contributed by atoms with Crippen LogP contribution in [0.1, 0.15) is 33.1 Å². The van der Waals surface area contributed by atoms with Gasteiger partial charge in [0.05, 0.1) is 18.1 Å². The summed E-state index contributed by atoms with van der Waals surface area (Å²) in [7, 11) is 0. The summed E-state index contributed by atoms with van der Waals surface area (Å²) in [5, 5.41) is 12.3. The maximum Gasteiger partial charge on any atom is 0.221 e. The number of halogens is 1. The molecule has 0 aliphatic heterocycles. The second-order valence-electron chi connectivity index (χ2n) is 5.52. The molecule has 0 aliphatic rings. The minimum atomic E-state index is -0.0504. The first-order valence-electron chi connectivity index (χ1n) is 8.62. The average molecular weight is 385 g/mol. The van der Waals surface area contributed by atoms with Crippen LogP contribution in [-0.2, 0) is 11.3 Å². The van der Waals surface area contributed by atoms with Crippen molar-refractivity contribution in [1.29, 1.82) is 0 Å². The van der Waals surface area contributed by atoms with Crippen molar-refractivity contribution in [2.24, 2.45) is 0 Å². The first kappa shape index (κ1) is 19.8. The highest BCUT2D eigenvalue weighted by atomic mass is 35.5. The van der Waals surface area contributed by atoms with Crippen LogP contribution in [0, 0.1) is 0 Å². The van der Waals surface area contributed by atoms with E-state index in [1.807, 2.05) is 4.68 Å². The second kappa shape index (κ2) is 10.5. The zero-order valence-corrected chi connectivity index (χ0v) is 16.3. The van der Waals surface area contributed by atoms with Gasteiger partial charge in [0, 0.05) is 31.1 Å². The molecule has 7 nitrogen and oxygen atoms in total. The van der Waals surface area contributed by atoms with E-state index < -0.39 is 0 Å². The molecule has 2 rings (SSSR count). The minimum absolute atomic E-state index is 0.0504. The van der Waals surface area contributed by atoms with Gasteiger partial charge < -0.3 is 10.6 Å². The summed E-state index contributed by atoms with van der Waals surface area (Å²) >= 11 is 7.21. The SMILES string of the molecule is CCCNc1nc(SCCC)nc2c1cnn2CCNC(=O)CCCl. The molecule has 0 atom stereocenters. The molecule has 0 aliphatic carbocycles. The number of nitrogens with zero attached hydrogens (tertiary/aromatic N) is 4.